The summed E-state index contributed by atoms with van der Waals surface area (Å²) < 4.78 is 16.1. The predicted molar refractivity (Wildman–Crippen MR) is 102 cm³/mol. The van der Waals surface area contributed by atoms with Crippen LogP contribution in [0, 0.1) is 0 Å². The molecule has 0 unspecified atom stereocenters. The van der Waals surface area contributed by atoms with Crippen molar-refractivity contribution in [1.29, 1.82) is 0 Å². The first-order valence-corrected chi connectivity index (χ1v) is 9.03. The van der Waals surface area contributed by atoms with E-state index in [0.29, 0.717) is 19.8 Å². The van der Waals surface area contributed by atoms with Gasteiger partial charge in [-0.25, -0.2) is 0 Å². The molecule has 0 aliphatic heterocycles. The van der Waals surface area contributed by atoms with Crippen molar-refractivity contribution in [3.8, 4) is 5.75 Å². The van der Waals surface area contributed by atoms with Gasteiger partial charge in [0.05, 0.1) is 6.61 Å². The first-order valence-electron chi connectivity index (χ1n) is 9.03. The van der Waals surface area contributed by atoms with Gasteiger partial charge in [-0.2, -0.15) is 0 Å². The van der Waals surface area contributed by atoms with Crippen molar-refractivity contribution >= 4 is 5.96 Å². The van der Waals surface area contributed by atoms with E-state index in [1.54, 1.807) is 14.2 Å². The zero-order valence-corrected chi connectivity index (χ0v) is 15.8. The maximum Gasteiger partial charge on any atom is 0.191 e. The number of benzene rings is 1. The number of ether oxygens (including phenoxy) is 3. The van der Waals surface area contributed by atoms with Crippen LogP contribution in [0.2, 0.25) is 0 Å². The second kappa shape index (κ2) is 14.5. The van der Waals surface area contributed by atoms with Gasteiger partial charge in [-0.15, -0.1) is 0 Å². The van der Waals surface area contributed by atoms with Crippen molar-refractivity contribution in [1.82, 2.24) is 10.6 Å². The standard InChI is InChI=1S/C19H33N3O3/c1-4-5-12-24-13-6-11-21-19(20-2)22-16-17-7-9-18(10-8-17)25-15-14-23-3/h7-10H,4-6,11-16H2,1-3H3,(H2,20,21,22). The minimum Gasteiger partial charge on any atom is -0.491 e. The third kappa shape index (κ3) is 10.6. The van der Waals surface area contributed by atoms with Gasteiger partial charge in [0.15, 0.2) is 5.96 Å². The summed E-state index contributed by atoms with van der Waals surface area (Å²) in [5, 5.41) is 6.60. The molecule has 0 bridgehead atoms. The van der Waals surface area contributed by atoms with Crippen molar-refractivity contribution in [2.24, 2.45) is 4.99 Å². The summed E-state index contributed by atoms with van der Waals surface area (Å²) in [6.45, 7) is 6.52. The molecule has 2 N–H and O–H groups in total. The van der Waals surface area contributed by atoms with E-state index in [1.165, 1.54) is 12.0 Å². The molecule has 25 heavy (non-hydrogen) atoms. The average Bonchev–Trinajstić information content (AvgIpc) is 2.64. The van der Waals surface area contributed by atoms with E-state index >= 15 is 0 Å². The van der Waals surface area contributed by atoms with Gasteiger partial charge < -0.3 is 24.8 Å². The van der Waals surface area contributed by atoms with Crippen LogP contribution in [0.25, 0.3) is 0 Å². The molecule has 6 nitrogen and oxygen atoms in total. The number of hydrogen-bond acceptors (Lipinski definition) is 4. The molecule has 0 heterocycles. The predicted octanol–water partition coefficient (Wildman–Crippen LogP) is 2.58. The lowest BCUT2D eigenvalue weighted by Crippen LogP contribution is -2.37. The Kier molecular flexibility index (Phi) is 12.4. The van der Waals surface area contributed by atoms with Crippen molar-refractivity contribution in [2.75, 3.05) is 47.1 Å². The van der Waals surface area contributed by atoms with Gasteiger partial charge in [-0.05, 0) is 30.5 Å². The Labute approximate surface area is 152 Å². The number of nitrogens with one attached hydrogen (secondary N) is 2. The van der Waals surface area contributed by atoms with Crippen molar-refractivity contribution in [3.63, 3.8) is 0 Å². The Morgan fingerprint density at radius 3 is 2.44 bits per heavy atom. The fraction of sp³-hybridized carbons (Fsp3) is 0.632. The summed E-state index contributed by atoms with van der Waals surface area (Å²) in [5.41, 5.74) is 1.17. The molecule has 0 spiro atoms. The molecule has 0 amide bonds. The molecule has 0 saturated carbocycles. The Morgan fingerprint density at radius 1 is 1.00 bits per heavy atom. The van der Waals surface area contributed by atoms with Crippen LogP contribution in [-0.4, -0.2) is 53.1 Å². The van der Waals surface area contributed by atoms with Crippen LogP contribution in [0.5, 0.6) is 5.75 Å². The van der Waals surface area contributed by atoms with Crippen LogP contribution in [0.1, 0.15) is 31.7 Å². The number of aliphatic imine (C=N–C) groups is 1. The maximum atomic E-state index is 5.56. The molecule has 1 aromatic carbocycles. The second-order valence-electron chi connectivity index (χ2n) is 5.66. The Morgan fingerprint density at radius 2 is 1.76 bits per heavy atom. The molecule has 0 aromatic heterocycles. The summed E-state index contributed by atoms with van der Waals surface area (Å²) in [7, 11) is 3.44. The summed E-state index contributed by atoms with van der Waals surface area (Å²) in [6.07, 6.45) is 3.28. The largest absolute Gasteiger partial charge is 0.491 e. The van der Waals surface area contributed by atoms with Crippen LogP contribution in [0.3, 0.4) is 0 Å². The molecule has 6 heteroatoms. The number of rotatable bonds is 13. The highest BCUT2D eigenvalue weighted by Crippen LogP contribution is 2.11. The van der Waals surface area contributed by atoms with E-state index in [2.05, 4.69) is 22.5 Å². The molecule has 0 fully saturated rings. The topological polar surface area (TPSA) is 64.1 Å². The number of hydrogen-bond donors (Lipinski definition) is 2. The van der Waals surface area contributed by atoms with Gasteiger partial charge in [-0.3, -0.25) is 4.99 Å². The number of nitrogens with zero attached hydrogens (tertiary/aromatic N) is 1. The lowest BCUT2D eigenvalue weighted by Gasteiger charge is -2.12. The fourth-order valence-electron chi connectivity index (χ4n) is 2.08. The molecule has 0 saturated heterocycles. The van der Waals surface area contributed by atoms with Crippen molar-refractivity contribution < 1.29 is 14.2 Å². The van der Waals surface area contributed by atoms with E-state index in [9.17, 15) is 0 Å². The highest BCUT2D eigenvalue weighted by atomic mass is 16.5. The third-order valence-electron chi connectivity index (χ3n) is 3.56. The van der Waals surface area contributed by atoms with Crippen LogP contribution in [0.15, 0.2) is 29.3 Å². The lowest BCUT2D eigenvalue weighted by atomic mass is 10.2. The third-order valence-corrected chi connectivity index (χ3v) is 3.56. The molecule has 0 aliphatic rings. The van der Waals surface area contributed by atoms with Gasteiger partial charge in [-0.1, -0.05) is 25.5 Å². The quantitative estimate of drug-likeness (QED) is 0.325. The van der Waals surface area contributed by atoms with Gasteiger partial charge in [0.2, 0.25) is 0 Å². The van der Waals surface area contributed by atoms with Crippen LogP contribution >= 0.6 is 0 Å². The number of unbranched alkanes of at least 4 members (excludes halogenated alkanes) is 1. The zero-order chi connectivity index (χ0) is 18.2. The Bertz CT molecular complexity index is 463. The monoisotopic (exact) mass is 351 g/mol. The van der Waals surface area contributed by atoms with Gasteiger partial charge >= 0.3 is 0 Å². The summed E-state index contributed by atoms with van der Waals surface area (Å²) >= 11 is 0. The fourth-order valence-corrected chi connectivity index (χ4v) is 2.08. The van der Waals surface area contributed by atoms with E-state index < -0.39 is 0 Å². The molecule has 0 atom stereocenters. The smallest absolute Gasteiger partial charge is 0.191 e. The highest BCUT2D eigenvalue weighted by Gasteiger charge is 1.99. The van der Waals surface area contributed by atoms with Gasteiger partial charge in [0, 0.05) is 40.5 Å². The maximum absolute atomic E-state index is 5.56. The summed E-state index contributed by atoms with van der Waals surface area (Å²) in [4.78, 5) is 4.23. The van der Waals surface area contributed by atoms with Crippen LogP contribution in [0.4, 0.5) is 0 Å². The first kappa shape index (κ1) is 21.3. The normalized spacial score (nSPS) is 11.4. The minimum absolute atomic E-state index is 0.562. The van der Waals surface area contributed by atoms with Crippen molar-refractivity contribution in [3.05, 3.63) is 29.8 Å². The molecular weight excluding hydrogens is 318 g/mol. The molecule has 1 rings (SSSR count). The van der Waals surface area contributed by atoms with E-state index in [1.807, 2.05) is 24.3 Å². The molecule has 142 valence electrons. The Balaban J connectivity index is 2.19. The lowest BCUT2D eigenvalue weighted by molar-refractivity contribution is 0.129. The van der Waals surface area contributed by atoms with E-state index in [4.69, 9.17) is 14.2 Å². The molecule has 0 radical (unpaired) electrons. The number of guanidine groups is 1. The minimum atomic E-state index is 0.562. The highest BCUT2D eigenvalue weighted by molar-refractivity contribution is 5.79. The molecule has 0 aliphatic carbocycles. The first-order chi connectivity index (χ1) is 12.3. The van der Waals surface area contributed by atoms with E-state index in [-0.39, 0.29) is 0 Å². The SMILES string of the molecule is CCCCOCCCNC(=NC)NCc1ccc(OCCOC)cc1. The zero-order valence-electron chi connectivity index (χ0n) is 15.8. The second-order valence-corrected chi connectivity index (χ2v) is 5.66. The van der Waals surface area contributed by atoms with Crippen LogP contribution < -0.4 is 15.4 Å². The van der Waals surface area contributed by atoms with E-state index in [0.717, 1.165) is 44.3 Å². The summed E-state index contributed by atoms with van der Waals surface area (Å²) in [5.74, 6) is 1.65. The average molecular weight is 351 g/mol. The van der Waals surface area contributed by atoms with Gasteiger partial charge in [0.25, 0.3) is 0 Å². The molecular formula is C19H33N3O3. The van der Waals surface area contributed by atoms with Crippen LogP contribution in [-0.2, 0) is 16.0 Å². The molecule has 1 aromatic rings. The van der Waals surface area contributed by atoms with Crippen molar-refractivity contribution in [2.45, 2.75) is 32.7 Å². The van der Waals surface area contributed by atoms with Gasteiger partial charge in [0.1, 0.15) is 12.4 Å². The summed E-state index contributed by atoms with van der Waals surface area (Å²) in [6, 6.07) is 8.03. The number of methoxy groups -OCH3 is 1. The Hall–Kier alpha value is -1.79.